The summed E-state index contributed by atoms with van der Waals surface area (Å²) in [7, 11) is 0. The van der Waals surface area contributed by atoms with Gasteiger partial charge < -0.3 is 14.9 Å². The van der Waals surface area contributed by atoms with Crippen LogP contribution in [0.25, 0.3) is 11.1 Å². The smallest absolute Gasteiger partial charge is 0.308 e. The van der Waals surface area contributed by atoms with E-state index in [1.54, 1.807) is 0 Å². The molecular weight excluding hydrogens is 474 g/mol. The van der Waals surface area contributed by atoms with Crippen molar-refractivity contribution >= 4 is 5.97 Å². The standard InChI is InChI=1S/C31H36F2O4/c32-31(33)15-5-7-20(8-6-16-31)23-17-21(29(34)35)13-14-22(18-23)30(36)37-19-28-26-11-3-1-9-24(26)25-10-2-4-12-27(25)28/h1-4,7,9-12,21-23,28-29,34-35H,5-6,8,13-19H2/b20-7-/t21-,22?,23+/m0/s1. The molecule has 2 aromatic rings. The average molecular weight is 511 g/mol. The van der Waals surface area contributed by atoms with E-state index in [1.165, 1.54) is 11.1 Å². The summed E-state index contributed by atoms with van der Waals surface area (Å²) in [5, 5.41) is 19.9. The number of carbonyl (C=O) groups is 1. The largest absolute Gasteiger partial charge is 0.464 e. The summed E-state index contributed by atoms with van der Waals surface area (Å²) in [6.45, 7) is 0.262. The Kier molecular flexibility index (Phi) is 7.77. The van der Waals surface area contributed by atoms with Gasteiger partial charge in [0, 0.05) is 24.7 Å². The molecule has 6 heteroatoms. The van der Waals surface area contributed by atoms with E-state index < -0.39 is 12.2 Å². The van der Waals surface area contributed by atoms with Crippen LogP contribution in [0.15, 0.2) is 60.2 Å². The van der Waals surface area contributed by atoms with Crippen LogP contribution in [0.2, 0.25) is 0 Å². The highest BCUT2D eigenvalue weighted by Crippen LogP contribution is 2.45. The molecule has 2 N–H and O–H groups in total. The molecule has 0 spiro atoms. The van der Waals surface area contributed by atoms with Gasteiger partial charge in [0.05, 0.1) is 5.92 Å². The van der Waals surface area contributed by atoms with Crippen LogP contribution in [0.1, 0.15) is 74.8 Å². The number of halogens is 2. The van der Waals surface area contributed by atoms with Crippen molar-refractivity contribution in [2.24, 2.45) is 17.8 Å². The summed E-state index contributed by atoms with van der Waals surface area (Å²) in [6, 6.07) is 16.4. The minimum atomic E-state index is -2.63. The fraction of sp³-hybridized carbons (Fsp3) is 0.516. The Balaban J connectivity index is 1.30. The third kappa shape index (κ3) is 5.80. The zero-order valence-corrected chi connectivity index (χ0v) is 21.1. The Morgan fingerprint density at radius 2 is 1.65 bits per heavy atom. The molecule has 198 valence electrons. The van der Waals surface area contributed by atoms with Crippen LogP contribution in [-0.4, -0.2) is 35.0 Å². The van der Waals surface area contributed by atoms with E-state index in [2.05, 4.69) is 24.3 Å². The Morgan fingerprint density at radius 1 is 0.973 bits per heavy atom. The number of hydrogen-bond donors (Lipinski definition) is 2. The highest BCUT2D eigenvalue weighted by Gasteiger charge is 2.37. The zero-order chi connectivity index (χ0) is 26.0. The summed E-state index contributed by atoms with van der Waals surface area (Å²) in [6.07, 6.45) is 3.60. The van der Waals surface area contributed by atoms with Crippen LogP contribution in [0.3, 0.4) is 0 Å². The molecule has 0 bridgehead atoms. The second-order valence-electron chi connectivity index (χ2n) is 11.0. The van der Waals surface area contributed by atoms with Crippen molar-refractivity contribution < 1.29 is 28.5 Å². The van der Waals surface area contributed by atoms with E-state index in [9.17, 15) is 23.8 Å². The Bertz CT molecular complexity index is 1100. The molecule has 0 amide bonds. The maximum atomic E-state index is 13.9. The van der Waals surface area contributed by atoms with Gasteiger partial charge in [-0.2, -0.15) is 0 Å². The summed E-state index contributed by atoms with van der Waals surface area (Å²) >= 11 is 0. The van der Waals surface area contributed by atoms with E-state index in [0.717, 1.165) is 16.7 Å². The molecule has 0 radical (unpaired) electrons. The number of aliphatic hydroxyl groups excluding tert-OH is 1. The number of benzene rings is 2. The minimum absolute atomic E-state index is 0.0140. The second-order valence-corrected chi connectivity index (χ2v) is 11.0. The molecule has 0 saturated heterocycles. The van der Waals surface area contributed by atoms with Crippen molar-refractivity contribution in [2.45, 2.75) is 75.9 Å². The molecule has 4 nitrogen and oxygen atoms in total. The second kappa shape index (κ2) is 11.0. The van der Waals surface area contributed by atoms with Crippen LogP contribution in [0.4, 0.5) is 8.78 Å². The van der Waals surface area contributed by atoms with E-state index in [-0.39, 0.29) is 49.1 Å². The summed E-state index contributed by atoms with van der Waals surface area (Å²) < 4.78 is 33.7. The van der Waals surface area contributed by atoms with Crippen molar-refractivity contribution in [3.8, 4) is 11.1 Å². The fourth-order valence-electron chi connectivity index (χ4n) is 6.58. The van der Waals surface area contributed by atoms with Gasteiger partial charge in [-0.1, -0.05) is 60.2 Å². The molecule has 0 aromatic heterocycles. The third-order valence-corrected chi connectivity index (χ3v) is 8.60. The lowest BCUT2D eigenvalue weighted by Crippen LogP contribution is -2.24. The highest BCUT2D eigenvalue weighted by molar-refractivity contribution is 5.79. The van der Waals surface area contributed by atoms with Crippen LogP contribution in [-0.2, 0) is 9.53 Å². The number of allylic oxidation sites excluding steroid dienone is 2. The molecule has 2 aromatic carbocycles. The molecule has 1 saturated carbocycles. The van der Waals surface area contributed by atoms with Crippen LogP contribution in [0, 0.1) is 17.8 Å². The summed E-state index contributed by atoms with van der Waals surface area (Å²) in [5.74, 6) is -3.62. The lowest BCUT2D eigenvalue weighted by molar-refractivity contribution is -0.149. The molecule has 0 aliphatic heterocycles. The molecule has 37 heavy (non-hydrogen) atoms. The van der Waals surface area contributed by atoms with Crippen LogP contribution in [0.5, 0.6) is 0 Å². The molecule has 1 fully saturated rings. The van der Waals surface area contributed by atoms with Crippen LogP contribution < -0.4 is 0 Å². The summed E-state index contributed by atoms with van der Waals surface area (Å²) in [5.41, 5.74) is 5.76. The predicted molar refractivity (Wildman–Crippen MR) is 138 cm³/mol. The molecule has 3 aliphatic rings. The number of fused-ring (bicyclic) bond motifs is 3. The molecule has 3 aliphatic carbocycles. The first-order valence-electron chi connectivity index (χ1n) is 13.6. The van der Waals surface area contributed by atoms with Crippen molar-refractivity contribution in [1.82, 2.24) is 0 Å². The normalized spacial score (nSPS) is 27.3. The van der Waals surface area contributed by atoms with Gasteiger partial charge >= 0.3 is 5.97 Å². The van der Waals surface area contributed by atoms with Gasteiger partial charge in [0.1, 0.15) is 6.61 Å². The van der Waals surface area contributed by atoms with Gasteiger partial charge in [-0.25, -0.2) is 8.78 Å². The van der Waals surface area contributed by atoms with E-state index in [4.69, 9.17) is 4.74 Å². The monoisotopic (exact) mass is 510 g/mol. The quantitative estimate of drug-likeness (QED) is 0.206. The third-order valence-electron chi connectivity index (χ3n) is 8.60. The number of carbonyl (C=O) groups excluding carboxylic acids is 1. The van der Waals surface area contributed by atoms with Crippen molar-refractivity contribution in [3.63, 3.8) is 0 Å². The van der Waals surface area contributed by atoms with Gasteiger partial charge in [-0.05, 0) is 73.1 Å². The van der Waals surface area contributed by atoms with Crippen LogP contribution >= 0.6 is 0 Å². The molecule has 0 heterocycles. The number of ether oxygens (including phenoxy) is 1. The lowest BCUT2D eigenvalue weighted by Gasteiger charge is -2.27. The van der Waals surface area contributed by atoms with Crippen molar-refractivity contribution in [1.29, 1.82) is 0 Å². The Labute approximate surface area is 217 Å². The van der Waals surface area contributed by atoms with E-state index in [0.29, 0.717) is 44.9 Å². The SMILES string of the molecule is O=C(OCC1c2ccccc2-c2ccccc21)C1CC[C@H](C(O)O)C[C@@H](/C2=C\CCC(F)(F)CCC2)C1. The van der Waals surface area contributed by atoms with Gasteiger partial charge in [0.15, 0.2) is 6.29 Å². The number of esters is 1. The molecule has 5 rings (SSSR count). The van der Waals surface area contributed by atoms with Crippen molar-refractivity contribution in [3.05, 3.63) is 71.3 Å². The minimum Gasteiger partial charge on any atom is -0.464 e. The summed E-state index contributed by atoms with van der Waals surface area (Å²) in [4.78, 5) is 13.4. The highest BCUT2D eigenvalue weighted by atomic mass is 19.3. The van der Waals surface area contributed by atoms with Gasteiger partial charge in [0.25, 0.3) is 0 Å². The molecule has 1 unspecified atom stereocenters. The van der Waals surface area contributed by atoms with E-state index >= 15 is 0 Å². The Hall–Kier alpha value is -2.57. The van der Waals surface area contributed by atoms with Gasteiger partial charge in [-0.3, -0.25) is 4.79 Å². The number of hydrogen-bond acceptors (Lipinski definition) is 4. The number of rotatable bonds is 5. The van der Waals surface area contributed by atoms with Gasteiger partial charge in [0.2, 0.25) is 5.92 Å². The first kappa shape index (κ1) is 26.1. The maximum absolute atomic E-state index is 13.9. The first-order chi connectivity index (χ1) is 17.8. The fourth-order valence-corrected chi connectivity index (χ4v) is 6.58. The number of aliphatic hydroxyl groups is 2. The maximum Gasteiger partial charge on any atom is 0.308 e. The zero-order valence-electron chi connectivity index (χ0n) is 21.1. The lowest BCUT2D eigenvalue weighted by atomic mass is 9.81. The first-order valence-corrected chi connectivity index (χ1v) is 13.6. The van der Waals surface area contributed by atoms with Gasteiger partial charge in [-0.15, -0.1) is 0 Å². The number of alkyl halides is 2. The predicted octanol–water partition coefficient (Wildman–Crippen LogP) is 6.60. The topological polar surface area (TPSA) is 66.8 Å². The Morgan fingerprint density at radius 3 is 2.32 bits per heavy atom. The van der Waals surface area contributed by atoms with Crippen molar-refractivity contribution in [2.75, 3.05) is 6.61 Å². The average Bonchev–Trinajstić information content (AvgIpc) is 3.02. The molecular formula is C31H36F2O4. The molecule has 3 atom stereocenters. The van der Waals surface area contributed by atoms with E-state index in [1.807, 2.05) is 30.3 Å².